The van der Waals surface area contributed by atoms with Crippen molar-refractivity contribution in [2.24, 2.45) is 0 Å². The number of fused-ring (bicyclic) bond motifs is 6. The summed E-state index contributed by atoms with van der Waals surface area (Å²) in [7, 11) is 0. The number of carbonyl (C=O) groups excluding carboxylic acids is 1. The van der Waals surface area contributed by atoms with E-state index in [9.17, 15) is 4.79 Å². The van der Waals surface area contributed by atoms with Crippen LogP contribution in [-0.4, -0.2) is 29.0 Å². The molecule has 2 aromatic heterocycles. The highest BCUT2D eigenvalue weighted by molar-refractivity contribution is 6.08. The Balaban J connectivity index is 1.86. The predicted octanol–water partition coefficient (Wildman–Crippen LogP) is 3.85. The van der Waals surface area contributed by atoms with E-state index in [1.807, 2.05) is 43.5 Å². The van der Waals surface area contributed by atoms with Crippen molar-refractivity contribution >= 4 is 33.4 Å². The fraction of sp³-hybridized carbons (Fsp3) is 0.143. The minimum atomic E-state index is -0.0692. The van der Waals surface area contributed by atoms with E-state index in [2.05, 4.69) is 27.8 Å². The largest absolute Gasteiger partial charge is 0.383 e. The van der Waals surface area contributed by atoms with Crippen molar-refractivity contribution in [2.75, 3.05) is 18.4 Å². The molecule has 0 spiro atoms. The van der Waals surface area contributed by atoms with E-state index in [1.54, 1.807) is 0 Å². The number of hydrogen-bond acceptors (Lipinski definition) is 3. The van der Waals surface area contributed by atoms with Crippen LogP contribution in [0.4, 0.5) is 5.69 Å². The van der Waals surface area contributed by atoms with Crippen molar-refractivity contribution in [3.8, 4) is 11.3 Å². The molecule has 26 heavy (non-hydrogen) atoms. The number of nitrogens with one attached hydrogen (secondary N) is 3. The normalized spacial score (nSPS) is 14.0. The summed E-state index contributed by atoms with van der Waals surface area (Å²) >= 11 is 0. The molecule has 1 aliphatic heterocycles. The molecular formula is C21H18N4O. The molecule has 2 aromatic carbocycles. The molecule has 5 rings (SSSR count). The van der Waals surface area contributed by atoms with Crippen LogP contribution in [0, 0.1) is 6.92 Å². The lowest BCUT2D eigenvalue weighted by Gasteiger charge is -2.13. The third-order valence-electron chi connectivity index (χ3n) is 4.91. The summed E-state index contributed by atoms with van der Waals surface area (Å²) in [6.45, 7) is 3.27. The molecule has 1 amide bonds. The molecule has 0 fully saturated rings. The van der Waals surface area contributed by atoms with Crippen LogP contribution in [0.5, 0.6) is 0 Å². The van der Waals surface area contributed by atoms with Crippen LogP contribution in [0.3, 0.4) is 0 Å². The van der Waals surface area contributed by atoms with Crippen LogP contribution in [0.1, 0.15) is 15.9 Å². The fourth-order valence-corrected chi connectivity index (χ4v) is 3.58. The second-order valence-corrected chi connectivity index (χ2v) is 6.72. The molecule has 128 valence electrons. The SMILES string of the molecule is Cc1ccc2c3cc(nc2c1)-c1c[nH]c2ccc(cc12)NCCNC3=O. The fourth-order valence-electron chi connectivity index (χ4n) is 3.58. The molecule has 0 saturated carbocycles. The molecule has 4 bridgehead atoms. The number of nitrogens with zero attached hydrogens (tertiary/aromatic N) is 1. The molecule has 5 nitrogen and oxygen atoms in total. The average molecular weight is 342 g/mol. The van der Waals surface area contributed by atoms with Gasteiger partial charge in [0, 0.05) is 46.8 Å². The van der Waals surface area contributed by atoms with Crippen molar-refractivity contribution in [1.29, 1.82) is 0 Å². The highest BCUT2D eigenvalue weighted by Crippen LogP contribution is 2.32. The maximum atomic E-state index is 12.8. The Bertz CT molecular complexity index is 1180. The molecule has 5 heteroatoms. The van der Waals surface area contributed by atoms with Gasteiger partial charge < -0.3 is 15.6 Å². The van der Waals surface area contributed by atoms with Gasteiger partial charge in [-0.05, 0) is 42.8 Å². The lowest BCUT2D eigenvalue weighted by molar-refractivity contribution is 0.0957. The number of benzene rings is 2. The third kappa shape index (κ3) is 2.32. The zero-order valence-corrected chi connectivity index (χ0v) is 14.4. The summed E-state index contributed by atoms with van der Waals surface area (Å²) in [6.07, 6.45) is 1.96. The van der Waals surface area contributed by atoms with E-state index in [-0.39, 0.29) is 5.91 Å². The van der Waals surface area contributed by atoms with Crippen LogP contribution in [0.15, 0.2) is 48.7 Å². The van der Waals surface area contributed by atoms with Gasteiger partial charge in [0.15, 0.2) is 0 Å². The van der Waals surface area contributed by atoms with Gasteiger partial charge in [-0.25, -0.2) is 4.98 Å². The average Bonchev–Trinajstić information content (AvgIpc) is 3.06. The highest BCUT2D eigenvalue weighted by Gasteiger charge is 2.17. The van der Waals surface area contributed by atoms with E-state index in [0.29, 0.717) is 18.7 Å². The summed E-state index contributed by atoms with van der Waals surface area (Å²) < 4.78 is 0. The van der Waals surface area contributed by atoms with Crippen molar-refractivity contribution in [3.05, 3.63) is 59.8 Å². The summed E-state index contributed by atoms with van der Waals surface area (Å²) in [5.41, 5.74) is 6.52. The second kappa shape index (κ2) is 5.59. The topological polar surface area (TPSA) is 69.8 Å². The first-order chi connectivity index (χ1) is 12.7. The van der Waals surface area contributed by atoms with E-state index >= 15 is 0 Å². The highest BCUT2D eigenvalue weighted by atomic mass is 16.1. The smallest absolute Gasteiger partial charge is 0.252 e. The zero-order chi connectivity index (χ0) is 17.7. The number of anilines is 1. The Morgan fingerprint density at radius 2 is 1.81 bits per heavy atom. The summed E-state index contributed by atoms with van der Waals surface area (Å²) in [5.74, 6) is -0.0692. The van der Waals surface area contributed by atoms with Gasteiger partial charge in [0.1, 0.15) is 0 Å². The predicted molar refractivity (Wildman–Crippen MR) is 105 cm³/mol. The Kier molecular flexibility index (Phi) is 3.22. The molecule has 1 aliphatic rings. The van der Waals surface area contributed by atoms with Gasteiger partial charge in [-0.2, -0.15) is 0 Å². The minimum Gasteiger partial charge on any atom is -0.383 e. The molecule has 3 N–H and O–H groups in total. The van der Waals surface area contributed by atoms with Gasteiger partial charge >= 0.3 is 0 Å². The van der Waals surface area contributed by atoms with Gasteiger partial charge in [0.05, 0.1) is 16.8 Å². The Morgan fingerprint density at radius 1 is 0.923 bits per heavy atom. The molecular weight excluding hydrogens is 324 g/mol. The Morgan fingerprint density at radius 3 is 2.73 bits per heavy atom. The molecule has 0 aliphatic carbocycles. The van der Waals surface area contributed by atoms with Gasteiger partial charge in [-0.3, -0.25) is 4.79 Å². The number of aryl methyl sites for hydroxylation is 1. The molecule has 3 heterocycles. The van der Waals surface area contributed by atoms with Gasteiger partial charge in [-0.1, -0.05) is 12.1 Å². The number of hydrogen-bond donors (Lipinski definition) is 3. The minimum absolute atomic E-state index is 0.0692. The molecule has 4 aromatic rings. The van der Waals surface area contributed by atoms with Crippen molar-refractivity contribution < 1.29 is 4.79 Å². The number of rotatable bonds is 0. The number of H-pyrrole nitrogens is 1. The lowest BCUT2D eigenvalue weighted by Crippen LogP contribution is -2.29. The van der Waals surface area contributed by atoms with Crippen LogP contribution in [0.25, 0.3) is 33.1 Å². The lowest BCUT2D eigenvalue weighted by atomic mass is 10.0. The maximum absolute atomic E-state index is 12.8. The van der Waals surface area contributed by atoms with Gasteiger partial charge in [0.2, 0.25) is 0 Å². The van der Waals surface area contributed by atoms with Crippen LogP contribution >= 0.6 is 0 Å². The first-order valence-corrected chi connectivity index (χ1v) is 8.74. The first-order valence-electron chi connectivity index (χ1n) is 8.74. The number of pyridine rings is 1. The van der Waals surface area contributed by atoms with Crippen molar-refractivity contribution in [1.82, 2.24) is 15.3 Å². The van der Waals surface area contributed by atoms with Crippen LogP contribution in [-0.2, 0) is 0 Å². The van der Waals surface area contributed by atoms with E-state index in [1.165, 1.54) is 0 Å². The number of aromatic nitrogens is 2. The number of amides is 1. The van der Waals surface area contributed by atoms with Crippen LogP contribution in [0.2, 0.25) is 0 Å². The summed E-state index contributed by atoms with van der Waals surface area (Å²) in [5, 5.41) is 8.34. The second-order valence-electron chi connectivity index (χ2n) is 6.72. The Hall–Kier alpha value is -3.34. The van der Waals surface area contributed by atoms with Gasteiger partial charge in [-0.15, -0.1) is 0 Å². The first kappa shape index (κ1) is 15.0. The quantitative estimate of drug-likeness (QED) is 0.455. The monoisotopic (exact) mass is 342 g/mol. The standard InChI is InChI=1S/C21H18N4O/c1-12-2-4-14-16-10-20(25-19(14)8-12)17-11-24-18-5-3-13(9-15(17)18)22-6-7-23-21(16)26/h2-5,8-11,22,24H,6-7H2,1H3,(H,23,26). The van der Waals surface area contributed by atoms with E-state index < -0.39 is 0 Å². The van der Waals surface area contributed by atoms with Crippen molar-refractivity contribution in [3.63, 3.8) is 0 Å². The Labute approximate surface area is 150 Å². The van der Waals surface area contributed by atoms with E-state index in [0.717, 1.165) is 44.3 Å². The molecule has 0 unspecified atom stereocenters. The van der Waals surface area contributed by atoms with Crippen molar-refractivity contribution in [2.45, 2.75) is 6.92 Å². The van der Waals surface area contributed by atoms with Crippen LogP contribution < -0.4 is 10.6 Å². The third-order valence-corrected chi connectivity index (χ3v) is 4.91. The van der Waals surface area contributed by atoms with Gasteiger partial charge in [0.25, 0.3) is 5.91 Å². The zero-order valence-electron chi connectivity index (χ0n) is 14.4. The molecule has 0 radical (unpaired) electrons. The summed E-state index contributed by atoms with van der Waals surface area (Å²) in [4.78, 5) is 21.0. The number of aromatic amines is 1. The molecule has 0 atom stereocenters. The summed E-state index contributed by atoms with van der Waals surface area (Å²) in [6, 6.07) is 14.2. The number of carbonyl (C=O) groups is 1. The molecule has 0 saturated heterocycles. The van der Waals surface area contributed by atoms with E-state index in [4.69, 9.17) is 4.98 Å². The maximum Gasteiger partial charge on any atom is 0.252 e.